The average Bonchev–Trinajstić information content (AvgIpc) is 2.94. The predicted octanol–water partition coefficient (Wildman–Crippen LogP) is 1.54. The molecule has 30 heavy (non-hydrogen) atoms. The molecule has 2 aromatic rings. The van der Waals surface area contributed by atoms with Crippen LogP contribution in [0.15, 0.2) is 23.1 Å². The van der Waals surface area contributed by atoms with Crippen LogP contribution in [0.1, 0.15) is 29.8 Å². The number of fused-ring (bicyclic) bond motifs is 1. The molecule has 2 aliphatic heterocycles. The summed E-state index contributed by atoms with van der Waals surface area (Å²) in [4.78, 5) is 14.8. The SMILES string of the molecule is COc1ccc2c(c1)NC1(CCN(C(=O)Cn3nc(C)c(C)c3C)CC1)NS2(=O)=O. The highest BCUT2D eigenvalue weighted by Crippen LogP contribution is 2.36. The van der Waals surface area contributed by atoms with Crippen molar-refractivity contribution in [3.63, 3.8) is 0 Å². The molecular weight excluding hydrogens is 406 g/mol. The van der Waals surface area contributed by atoms with Gasteiger partial charge in [-0.25, -0.2) is 8.42 Å². The Kier molecular flexibility index (Phi) is 5.01. The van der Waals surface area contributed by atoms with Crippen molar-refractivity contribution in [2.24, 2.45) is 0 Å². The first-order valence-electron chi connectivity index (χ1n) is 9.93. The number of carbonyl (C=O) groups excluding carboxylic acids is 1. The summed E-state index contributed by atoms with van der Waals surface area (Å²) in [5, 5.41) is 7.79. The second-order valence-electron chi connectivity index (χ2n) is 8.01. The van der Waals surface area contributed by atoms with Crippen molar-refractivity contribution >= 4 is 21.6 Å². The Morgan fingerprint density at radius 1 is 1.23 bits per heavy atom. The van der Waals surface area contributed by atoms with Gasteiger partial charge in [-0.3, -0.25) is 9.48 Å². The van der Waals surface area contributed by atoms with Gasteiger partial charge in [-0.15, -0.1) is 0 Å². The number of carbonyl (C=O) groups is 1. The number of nitrogens with zero attached hydrogens (tertiary/aromatic N) is 3. The lowest BCUT2D eigenvalue weighted by atomic mass is 9.97. The van der Waals surface area contributed by atoms with Crippen molar-refractivity contribution in [1.82, 2.24) is 19.4 Å². The number of piperidine rings is 1. The van der Waals surface area contributed by atoms with Crippen LogP contribution in [0.25, 0.3) is 0 Å². The molecule has 0 radical (unpaired) electrons. The summed E-state index contributed by atoms with van der Waals surface area (Å²) in [5.74, 6) is 0.567. The second kappa shape index (κ2) is 7.28. The molecule has 0 atom stereocenters. The van der Waals surface area contributed by atoms with E-state index in [4.69, 9.17) is 4.74 Å². The van der Waals surface area contributed by atoms with Gasteiger partial charge in [-0.2, -0.15) is 9.82 Å². The van der Waals surface area contributed by atoms with Crippen LogP contribution in [-0.4, -0.2) is 54.9 Å². The largest absolute Gasteiger partial charge is 0.497 e. The molecule has 1 aromatic heterocycles. The Bertz CT molecular complexity index is 1100. The van der Waals surface area contributed by atoms with E-state index in [-0.39, 0.29) is 17.3 Å². The zero-order valence-electron chi connectivity index (χ0n) is 17.7. The van der Waals surface area contributed by atoms with Gasteiger partial charge < -0.3 is 15.0 Å². The van der Waals surface area contributed by atoms with Gasteiger partial charge in [0, 0.05) is 37.7 Å². The molecular formula is C20H27N5O4S. The maximum Gasteiger partial charge on any atom is 0.244 e. The maximum absolute atomic E-state index is 12.8. The topological polar surface area (TPSA) is 106 Å². The number of sulfonamides is 1. The molecule has 3 heterocycles. The number of nitrogens with one attached hydrogen (secondary N) is 2. The van der Waals surface area contributed by atoms with E-state index in [1.807, 2.05) is 20.8 Å². The van der Waals surface area contributed by atoms with Crippen LogP contribution in [0, 0.1) is 20.8 Å². The number of amides is 1. The highest BCUT2D eigenvalue weighted by atomic mass is 32.2. The minimum Gasteiger partial charge on any atom is -0.497 e. The standard InChI is InChI=1S/C20H27N5O4S/c1-13-14(2)22-25(15(13)3)12-19(26)24-9-7-20(8-10-24)21-17-11-16(29-4)5-6-18(17)30(27,28)23-20/h5-6,11,21,23H,7-10,12H2,1-4H3. The van der Waals surface area contributed by atoms with Crippen LogP contribution in [-0.2, 0) is 21.4 Å². The van der Waals surface area contributed by atoms with Crippen molar-refractivity contribution in [1.29, 1.82) is 0 Å². The minimum atomic E-state index is -3.65. The van der Waals surface area contributed by atoms with E-state index in [0.717, 1.165) is 17.0 Å². The van der Waals surface area contributed by atoms with Crippen LogP contribution in [0.2, 0.25) is 0 Å². The number of methoxy groups -OCH3 is 1. The third-order valence-corrected chi connectivity index (χ3v) is 7.77. The van der Waals surface area contributed by atoms with Gasteiger partial charge in [0.05, 0.1) is 18.5 Å². The zero-order chi connectivity index (χ0) is 21.7. The van der Waals surface area contributed by atoms with Gasteiger partial charge in [0.2, 0.25) is 15.9 Å². The molecule has 0 saturated carbocycles. The van der Waals surface area contributed by atoms with Gasteiger partial charge in [0.15, 0.2) is 0 Å². The molecule has 2 N–H and O–H groups in total. The second-order valence-corrected chi connectivity index (χ2v) is 9.66. The first-order valence-corrected chi connectivity index (χ1v) is 11.4. The van der Waals surface area contributed by atoms with Crippen molar-refractivity contribution in [2.75, 3.05) is 25.5 Å². The van der Waals surface area contributed by atoms with Crippen LogP contribution in [0.3, 0.4) is 0 Å². The smallest absolute Gasteiger partial charge is 0.244 e. The van der Waals surface area contributed by atoms with E-state index in [1.165, 1.54) is 6.07 Å². The fourth-order valence-corrected chi connectivity index (χ4v) is 5.62. The fraction of sp³-hybridized carbons (Fsp3) is 0.500. The molecule has 10 heteroatoms. The first-order chi connectivity index (χ1) is 14.1. The molecule has 1 fully saturated rings. The number of likely N-dealkylation sites (tertiary alicyclic amines) is 1. The third kappa shape index (κ3) is 3.54. The molecule has 162 valence electrons. The van der Waals surface area contributed by atoms with E-state index < -0.39 is 15.7 Å². The molecule has 0 unspecified atom stereocenters. The summed E-state index contributed by atoms with van der Waals surface area (Å²) in [5.41, 5.74) is 2.71. The monoisotopic (exact) mass is 433 g/mol. The van der Waals surface area contributed by atoms with E-state index in [2.05, 4.69) is 15.1 Å². The van der Waals surface area contributed by atoms with Gasteiger partial charge in [0.1, 0.15) is 22.9 Å². The molecule has 4 rings (SSSR count). The lowest BCUT2D eigenvalue weighted by molar-refractivity contribution is -0.133. The Balaban J connectivity index is 1.48. The predicted molar refractivity (Wildman–Crippen MR) is 112 cm³/mol. The van der Waals surface area contributed by atoms with Crippen LogP contribution < -0.4 is 14.8 Å². The van der Waals surface area contributed by atoms with Gasteiger partial charge in [0.25, 0.3) is 0 Å². The quantitative estimate of drug-likeness (QED) is 0.761. The Morgan fingerprint density at radius 3 is 2.53 bits per heavy atom. The molecule has 9 nitrogen and oxygen atoms in total. The lowest BCUT2D eigenvalue weighted by Crippen LogP contribution is -2.62. The molecule has 2 aliphatic rings. The zero-order valence-corrected chi connectivity index (χ0v) is 18.5. The highest BCUT2D eigenvalue weighted by molar-refractivity contribution is 7.89. The molecule has 1 spiro atoms. The number of ether oxygens (including phenoxy) is 1. The van der Waals surface area contributed by atoms with Crippen molar-refractivity contribution in [3.8, 4) is 5.75 Å². The molecule has 1 aromatic carbocycles. The van der Waals surface area contributed by atoms with E-state index in [1.54, 1.807) is 28.8 Å². The summed E-state index contributed by atoms with van der Waals surface area (Å²) >= 11 is 0. The summed E-state index contributed by atoms with van der Waals surface area (Å²) in [7, 11) is -2.11. The van der Waals surface area contributed by atoms with Crippen molar-refractivity contribution in [3.05, 3.63) is 35.2 Å². The van der Waals surface area contributed by atoms with Gasteiger partial charge in [-0.05, 0) is 38.5 Å². The average molecular weight is 434 g/mol. The van der Waals surface area contributed by atoms with Crippen LogP contribution in [0.4, 0.5) is 5.69 Å². The highest BCUT2D eigenvalue weighted by Gasteiger charge is 2.44. The Hall–Kier alpha value is -2.59. The number of anilines is 1. The summed E-state index contributed by atoms with van der Waals surface area (Å²) < 4.78 is 35.3. The van der Waals surface area contributed by atoms with Crippen molar-refractivity contribution in [2.45, 2.75) is 50.7 Å². The number of rotatable bonds is 3. The maximum atomic E-state index is 12.8. The molecule has 1 saturated heterocycles. The Morgan fingerprint density at radius 2 is 1.93 bits per heavy atom. The van der Waals surface area contributed by atoms with Crippen molar-refractivity contribution < 1.29 is 17.9 Å². The number of hydrogen-bond donors (Lipinski definition) is 2. The summed E-state index contributed by atoms with van der Waals surface area (Å²) in [6.45, 7) is 6.98. The number of aryl methyl sites for hydroxylation is 1. The van der Waals surface area contributed by atoms with Gasteiger partial charge >= 0.3 is 0 Å². The van der Waals surface area contributed by atoms with Crippen LogP contribution >= 0.6 is 0 Å². The van der Waals surface area contributed by atoms with E-state index in [0.29, 0.717) is 37.4 Å². The molecule has 0 bridgehead atoms. The minimum absolute atomic E-state index is 0.0174. The fourth-order valence-electron chi connectivity index (χ4n) is 4.10. The van der Waals surface area contributed by atoms with E-state index in [9.17, 15) is 13.2 Å². The number of hydrogen-bond acceptors (Lipinski definition) is 6. The van der Waals surface area contributed by atoms with Gasteiger partial charge in [-0.1, -0.05) is 0 Å². The number of aromatic nitrogens is 2. The molecule has 1 amide bonds. The lowest BCUT2D eigenvalue weighted by Gasteiger charge is -2.45. The first kappa shape index (κ1) is 20.7. The Labute approximate surface area is 176 Å². The third-order valence-electron chi connectivity index (χ3n) is 6.18. The van der Waals surface area contributed by atoms with E-state index >= 15 is 0 Å². The normalized spacial score (nSPS) is 19.3. The number of benzene rings is 1. The van der Waals surface area contributed by atoms with Crippen LogP contribution in [0.5, 0.6) is 5.75 Å². The summed E-state index contributed by atoms with van der Waals surface area (Å²) in [6.07, 6.45) is 0.926. The molecule has 0 aliphatic carbocycles. The summed E-state index contributed by atoms with van der Waals surface area (Å²) in [6, 6.07) is 4.85.